The number of halogens is 1. The van der Waals surface area contributed by atoms with Gasteiger partial charge in [0.15, 0.2) is 0 Å². The first-order valence-corrected chi connectivity index (χ1v) is 13.2. The number of allylic oxidation sites excluding steroid dienone is 1. The van der Waals surface area contributed by atoms with Gasteiger partial charge in [-0.15, -0.1) is 0 Å². The first-order chi connectivity index (χ1) is 18.0. The summed E-state index contributed by atoms with van der Waals surface area (Å²) in [5.41, 5.74) is 8.69. The van der Waals surface area contributed by atoms with E-state index in [4.69, 9.17) is 20.2 Å². The summed E-state index contributed by atoms with van der Waals surface area (Å²) in [5, 5.41) is 20.1. The summed E-state index contributed by atoms with van der Waals surface area (Å²) in [4.78, 5) is 17.9. The lowest BCUT2D eigenvalue weighted by molar-refractivity contribution is -0.139. The molecule has 0 radical (unpaired) electrons. The second kappa shape index (κ2) is 11.9. The molecular formula is C28H27FN4O3S. The maximum Gasteiger partial charge on any atom is 0.338 e. The van der Waals surface area contributed by atoms with Gasteiger partial charge in [0.1, 0.15) is 34.3 Å². The van der Waals surface area contributed by atoms with E-state index in [0.717, 1.165) is 43.4 Å². The molecule has 0 spiro atoms. The van der Waals surface area contributed by atoms with Crippen LogP contribution in [0.1, 0.15) is 60.9 Å². The number of nitriles is 2. The van der Waals surface area contributed by atoms with Crippen molar-refractivity contribution in [1.29, 1.82) is 10.5 Å². The molecule has 0 saturated carbocycles. The van der Waals surface area contributed by atoms with E-state index in [1.807, 2.05) is 12.1 Å². The number of carbonyl (C=O) groups is 1. The highest BCUT2D eigenvalue weighted by Crippen LogP contribution is 2.42. The summed E-state index contributed by atoms with van der Waals surface area (Å²) in [7, 11) is 0. The number of ether oxygens (including phenoxy) is 2. The highest BCUT2D eigenvalue weighted by Gasteiger charge is 2.39. The van der Waals surface area contributed by atoms with Gasteiger partial charge in [-0.1, -0.05) is 42.8 Å². The van der Waals surface area contributed by atoms with Crippen LogP contribution < -0.4 is 5.73 Å². The predicted octanol–water partition coefficient (Wildman–Crippen LogP) is 5.17. The van der Waals surface area contributed by atoms with Crippen LogP contribution >= 0.6 is 11.8 Å². The molecule has 2 heterocycles. The van der Waals surface area contributed by atoms with E-state index in [1.54, 1.807) is 13.0 Å². The van der Waals surface area contributed by atoms with Crippen LogP contribution in [0.4, 0.5) is 4.39 Å². The fourth-order valence-corrected chi connectivity index (χ4v) is 5.59. The number of nitrogens with zero attached hydrogens (tertiary/aromatic N) is 3. The highest BCUT2D eigenvalue weighted by molar-refractivity contribution is 7.99. The number of aromatic nitrogens is 1. The molecule has 0 amide bonds. The Hall–Kier alpha value is -3.82. The smallest absolute Gasteiger partial charge is 0.338 e. The Morgan fingerprint density at radius 3 is 2.68 bits per heavy atom. The van der Waals surface area contributed by atoms with Crippen LogP contribution in [0, 0.1) is 28.5 Å². The summed E-state index contributed by atoms with van der Waals surface area (Å²) >= 11 is 1.24. The Morgan fingerprint density at radius 1 is 1.22 bits per heavy atom. The molecule has 1 aliphatic carbocycles. The first-order valence-electron chi connectivity index (χ1n) is 12.3. The summed E-state index contributed by atoms with van der Waals surface area (Å²) < 4.78 is 25.9. The molecule has 9 heteroatoms. The predicted molar refractivity (Wildman–Crippen MR) is 136 cm³/mol. The van der Waals surface area contributed by atoms with Crippen LogP contribution in [-0.4, -0.2) is 23.3 Å². The molecule has 4 rings (SSSR count). The van der Waals surface area contributed by atoms with Crippen LogP contribution in [0.5, 0.6) is 0 Å². The van der Waals surface area contributed by atoms with Gasteiger partial charge in [0.25, 0.3) is 0 Å². The van der Waals surface area contributed by atoms with Crippen molar-refractivity contribution in [2.45, 2.75) is 56.4 Å². The first kappa shape index (κ1) is 26.2. The van der Waals surface area contributed by atoms with Crippen molar-refractivity contribution in [2.24, 2.45) is 5.73 Å². The molecular weight excluding hydrogens is 491 g/mol. The fraction of sp³-hybridized carbons (Fsp3) is 0.357. The second-order valence-electron chi connectivity index (χ2n) is 8.77. The molecule has 1 aromatic carbocycles. The lowest BCUT2D eigenvalue weighted by Crippen LogP contribution is -2.27. The van der Waals surface area contributed by atoms with Gasteiger partial charge in [0.05, 0.1) is 29.4 Å². The van der Waals surface area contributed by atoms with E-state index in [2.05, 4.69) is 6.07 Å². The summed E-state index contributed by atoms with van der Waals surface area (Å²) in [6.07, 6.45) is 6.17. The number of aryl methyl sites for hydroxylation is 2. The third-order valence-electron chi connectivity index (χ3n) is 6.43. The van der Waals surface area contributed by atoms with Crippen molar-refractivity contribution in [3.8, 4) is 12.1 Å². The van der Waals surface area contributed by atoms with Gasteiger partial charge < -0.3 is 15.2 Å². The number of rotatable bonds is 6. The third kappa shape index (κ3) is 5.63. The number of pyridine rings is 1. The molecule has 1 aliphatic heterocycles. The fourth-order valence-electron chi connectivity index (χ4n) is 4.67. The highest BCUT2D eigenvalue weighted by atomic mass is 32.2. The number of nitrogens with two attached hydrogens (primary N) is 1. The Bertz CT molecular complexity index is 1360. The number of thioether (sulfide) groups is 1. The number of benzene rings is 1. The van der Waals surface area contributed by atoms with Crippen molar-refractivity contribution in [3.63, 3.8) is 0 Å². The number of carbonyl (C=O) groups excluding carboxylic acids is 1. The molecule has 7 nitrogen and oxygen atoms in total. The molecule has 2 aromatic rings. The summed E-state index contributed by atoms with van der Waals surface area (Å²) in [5.74, 6) is -2.37. The summed E-state index contributed by atoms with van der Waals surface area (Å²) in [6, 6.07) is 12.0. The van der Waals surface area contributed by atoms with Crippen molar-refractivity contribution in [3.05, 3.63) is 81.3 Å². The van der Waals surface area contributed by atoms with Gasteiger partial charge >= 0.3 is 5.97 Å². The Balaban J connectivity index is 1.76. The minimum atomic E-state index is -1.09. The number of fused-ring (bicyclic) bond motifs is 1. The number of hydrogen-bond acceptors (Lipinski definition) is 8. The molecule has 37 heavy (non-hydrogen) atoms. The average Bonchev–Trinajstić information content (AvgIpc) is 2.88. The van der Waals surface area contributed by atoms with Crippen molar-refractivity contribution >= 4 is 17.7 Å². The van der Waals surface area contributed by atoms with Crippen LogP contribution in [0.25, 0.3) is 0 Å². The zero-order valence-corrected chi connectivity index (χ0v) is 21.4. The standard InChI is InChI=1S/C28H27FN4O3S/c1-2-35-28(34)25-23(36-26(32)20(15-31)24(25)19-10-7-8-11-21(19)29)16-37-27-18(14-30)13-17-9-5-3-4-6-12-22(17)33-27/h7-8,10-11,13,24H,2-6,9,12,16,32H2,1H3/t24-/m1/s1. The lowest BCUT2D eigenvalue weighted by Gasteiger charge is -2.28. The zero-order chi connectivity index (χ0) is 26.4. The SMILES string of the molecule is CCOC(=O)C1=C(CSc2nc3c(cc2C#N)CCCCCC3)OC(N)=C(C#N)[C@H]1c1ccccc1F. The van der Waals surface area contributed by atoms with Crippen LogP contribution in [-0.2, 0) is 27.1 Å². The van der Waals surface area contributed by atoms with Crippen LogP contribution in [0.3, 0.4) is 0 Å². The van der Waals surface area contributed by atoms with E-state index in [-0.39, 0.29) is 40.7 Å². The Morgan fingerprint density at radius 2 is 1.97 bits per heavy atom. The molecule has 0 bridgehead atoms. The monoisotopic (exact) mass is 518 g/mol. The van der Waals surface area contributed by atoms with Crippen molar-refractivity contribution in [1.82, 2.24) is 4.98 Å². The molecule has 0 fully saturated rings. The molecule has 1 aromatic heterocycles. The minimum absolute atomic E-state index is 0.00922. The van der Waals surface area contributed by atoms with E-state index in [9.17, 15) is 19.7 Å². The molecule has 2 N–H and O–H groups in total. The van der Waals surface area contributed by atoms with E-state index in [1.165, 1.54) is 36.4 Å². The molecule has 0 unspecified atom stereocenters. The van der Waals surface area contributed by atoms with Gasteiger partial charge in [-0.25, -0.2) is 14.2 Å². The van der Waals surface area contributed by atoms with Crippen LogP contribution in [0.15, 0.2) is 58.1 Å². The number of esters is 1. The molecule has 190 valence electrons. The van der Waals surface area contributed by atoms with Crippen molar-refractivity contribution < 1.29 is 18.7 Å². The van der Waals surface area contributed by atoms with Gasteiger partial charge in [-0.3, -0.25) is 0 Å². The maximum atomic E-state index is 14.9. The largest absolute Gasteiger partial charge is 0.463 e. The van der Waals surface area contributed by atoms with Gasteiger partial charge in [-0.05, 0) is 50.3 Å². The van der Waals surface area contributed by atoms with Gasteiger partial charge in [0, 0.05) is 11.3 Å². The maximum absolute atomic E-state index is 14.9. The second-order valence-corrected chi connectivity index (χ2v) is 9.73. The van der Waals surface area contributed by atoms with Gasteiger partial charge in [-0.2, -0.15) is 10.5 Å². The average molecular weight is 519 g/mol. The molecule has 0 saturated heterocycles. The van der Waals surface area contributed by atoms with E-state index >= 15 is 0 Å². The lowest BCUT2D eigenvalue weighted by atomic mass is 9.83. The number of hydrogen-bond donors (Lipinski definition) is 1. The van der Waals surface area contributed by atoms with Crippen LogP contribution in [0.2, 0.25) is 0 Å². The molecule has 2 aliphatic rings. The quantitative estimate of drug-likeness (QED) is 0.411. The molecule has 1 atom stereocenters. The van der Waals surface area contributed by atoms with E-state index in [0.29, 0.717) is 10.6 Å². The topological polar surface area (TPSA) is 122 Å². The third-order valence-corrected chi connectivity index (χ3v) is 7.43. The van der Waals surface area contributed by atoms with Gasteiger partial charge in [0.2, 0.25) is 5.88 Å². The Labute approximate surface area is 219 Å². The van der Waals surface area contributed by atoms with Crippen molar-refractivity contribution in [2.75, 3.05) is 12.4 Å². The normalized spacial score (nSPS) is 17.6. The Kier molecular flexibility index (Phi) is 8.47. The summed E-state index contributed by atoms with van der Waals surface area (Å²) in [6.45, 7) is 1.74. The van der Waals surface area contributed by atoms with E-state index < -0.39 is 17.7 Å². The zero-order valence-electron chi connectivity index (χ0n) is 20.6. The minimum Gasteiger partial charge on any atom is -0.463 e.